The number of rotatable bonds is 5. The van der Waals surface area contributed by atoms with Crippen LogP contribution in [0, 0.1) is 0 Å². The first-order chi connectivity index (χ1) is 12.0. The van der Waals surface area contributed by atoms with E-state index >= 15 is 0 Å². The molecule has 1 saturated heterocycles. The Morgan fingerprint density at radius 3 is 2.58 bits per heavy atom. The Morgan fingerprint density at radius 1 is 1.23 bits per heavy atom. The molecule has 3 atom stereocenters. The number of halogens is 1. The van der Waals surface area contributed by atoms with Gasteiger partial charge in [0.1, 0.15) is 0 Å². The van der Waals surface area contributed by atoms with Gasteiger partial charge in [-0.05, 0) is 17.0 Å². The number of benzene rings is 1. The van der Waals surface area contributed by atoms with Gasteiger partial charge in [-0.1, -0.05) is 36.4 Å². The molecule has 0 radical (unpaired) electrons. The maximum absolute atomic E-state index is 12.8. The molecular weight excluding hydrogens is 370 g/mol. The van der Waals surface area contributed by atoms with Crippen molar-refractivity contribution in [3.63, 3.8) is 0 Å². The van der Waals surface area contributed by atoms with E-state index in [1.54, 1.807) is 11.3 Å². The van der Waals surface area contributed by atoms with Gasteiger partial charge in [0.25, 0.3) is 0 Å². The zero-order valence-electron chi connectivity index (χ0n) is 14.6. The number of amides is 2. The zero-order valence-corrected chi connectivity index (χ0v) is 16.3. The van der Waals surface area contributed by atoms with Gasteiger partial charge in [0.2, 0.25) is 11.8 Å². The van der Waals surface area contributed by atoms with Crippen molar-refractivity contribution in [3.8, 4) is 0 Å². The summed E-state index contributed by atoms with van der Waals surface area (Å²) in [5, 5.41) is 4.83. The molecular formula is C19H24ClN3O2S. The largest absolute Gasteiger partial charge is 0.348 e. The van der Waals surface area contributed by atoms with E-state index in [0.717, 1.165) is 4.88 Å². The van der Waals surface area contributed by atoms with Crippen molar-refractivity contribution in [1.29, 1.82) is 0 Å². The first-order valence-corrected chi connectivity index (χ1v) is 9.31. The number of likely N-dealkylation sites (tertiary alicyclic amines) is 1. The summed E-state index contributed by atoms with van der Waals surface area (Å²) in [6.07, 6.45) is 0.258. The molecule has 3 N–H and O–H groups in total. The van der Waals surface area contributed by atoms with Crippen LogP contribution < -0.4 is 11.1 Å². The lowest BCUT2D eigenvalue weighted by molar-refractivity contribution is -0.131. The average Bonchev–Trinajstić information content (AvgIpc) is 3.24. The van der Waals surface area contributed by atoms with Crippen LogP contribution in [0.2, 0.25) is 0 Å². The maximum atomic E-state index is 12.8. The van der Waals surface area contributed by atoms with Crippen LogP contribution in [-0.2, 0) is 9.59 Å². The SMILES string of the molecule is CC(=O)NC(CC(=O)N1C[C@@H](N)[C@H](c2ccccc2)C1)c1cccs1.Cl. The quantitative estimate of drug-likeness (QED) is 0.820. The lowest BCUT2D eigenvalue weighted by Gasteiger charge is -2.21. The molecule has 1 unspecified atom stereocenters. The Kier molecular flexibility index (Phi) is 7.20. The summed E-state index contributed by atoms with van der Waals surface area (Å²) in [5.41, 5.74) is 7.45. The van der Waals surface area contributed by atoms with Crippen LogP contribution in [0.5, 0.6) is 0 Å². The predicted octanol–water partition coefficient (Wildman–Crippen LogP) is 2.69. The second kappa shape index (κ2) is 9.16. The summed E-state index contributed by atoms with van der Waals surface area (Å²) in [6.45, 7) is 2.65. The molecule has 3 rings (SSSR count). The van der Waals surface area contributed by atoms with Gasteiger partial charge < -0.3 is 16.0 Å². The molecule has 0 saturated carbocycles. The summed E-state index contributed by atoms with van der Waals surface area (Å²) in [4.78, 5) is 27.1. The van der Waals surface area contributed by atoms with E-state index in [9.17, 15) is 9.59 Å². The Hall–Kier alpha value is -1.89. The lowest BCUT2D eigenvalue weighted by Crippen LogP contribution is -2.35. The molecule has 0 spiro atoms. The third-order valence-corrected chi connectivity index (χ3v) is 5.57. The van der Waals surface area contributed by atoms with Crippen molar-refractivity contribution in [2.24, 2.45) is 5.73 Å². The van der Waals surface area contributed by atoms with E-state index in [-0.39, 0.29) is 48.6 Å². The Morgan fingerprint density at radius 2 is 1.96 bits per heavy atom. The van der Waals surface area contributed by atoms with Gasteiger partial charge in [0.05, 0.1) is 12.5 Å². The number of nitrogens with one attached hydrogen (secondary N) is 1. The highest BCUT2D eigenvalue weighted by Gasteiger charge is 2.34. The topological polar surface area (TPSA) is 75.4 Å². The van der Waals surface area contributed by atoms with E-state index < -0.39 is 0 Å². The van der Waals surface area contributed by atoms with Gasteiger partial charge in [0, 0.05) is 36.9 Å². The lowest BCUT2D eigenvalue weighted by atomic mass is 9.95. The smallest absolute Gasteiger partial charge is 0.225 e. The molecule has 1 aromatic heterocycles. The molecule has 2 heterocycles. The van der Waals surface area contributed by atoms with Crippen molar-refractivity contribution in [1.82, 2.24) is 10.2 Å². The molecule has 5 nitrogen and oxygen atoms in total. The highest BCUT2D eigenvalue weighted by molar-refractivity contribution is 7.10. The normalized spacial score (nSPS) is 20.3. The number of hydrogen-bond donors (Lipinski definition) is 2. The van der Waals surface area contributed by atoms with Crippen molar-refractivity contribution < 1.29 is 9.59 Å². The summed E-state index contributed by atoms with van der Waals surface area (Å²) < 4.78 is 0. The molecule has 7 heteroatoms. The van der Waals surface area contributed by atoms with Crippen LogP contribution >= 0.6 is 23.7 Å². The van der Waals surface area contributed by atoms with Crippen LogP contribution in [0.25, 0.3) is 0 Å². The van der Waals surface area contributed by atoms with Crippen LogP contribution in [0.3, 0.4) is 0 Å². The monoisotopic (exact) mass is 393 g/mol. The summed E-state index contributed by atoms with van der Waals surface area (Å²) in [7, 11) is 0. The fraction of sp³-hybridized carbons (Fsp3) is 0.368. The predicted molar refractivity (Wildman–Crippen MR) is 106 cm³/mol. The highest BCUT2D eigenvalue weighted by Crippen LogP contribution is 2.29. The highest BCUT2D eigenvalue weighted by atomic mass is 35.5. The minimum Gasteiger partial charge on any atom is -0.348 e. The molecule has 1 aliphatic heterocycles. The van der Waals surface area contributed by atoms with Crippen LogP contribution in [0.1, 0.15) is 35.7 Å². The van der Waals surface area contributed by atoms with Gasteiger partial charge in [-0.25, -0.2) is 0 Å². The molecule has 1 fully saturated rings. The zero-order chi connectivity index (χ0) is 17.8. The minimum atomic E-state index is -0.281. The standard InChI is InChI=1S/C19H23N3O2S.ClH/c1-13(23)21-17(18-8-5-9-25-18)10-19(24)22-11-15(16(20)12-22)14-6-3-2-4-7-14;/h2-9,15-17H,10-12,20H2,1H3,(H,21,23);1H/t15-,16+,17?;/m0./s1. The summed E-state index contributed by atoms with van der Waals surface area (Å²) in [6, 6.07) is 13.6. The van der Waals surface area contributed by atoms with E-state index in [0.29, 0.717) is 13.1 Å². The van der Waals surface area contributed by atoms with Crippen molar-refractivity contribution >= 4 is 35.6 Å². The molecule has 1 aliphatic rings. The van der Waals surface area contributed by atoms with Crippen LogP contribution in [-0.4, -0.2) is 35.8 Å². The number of hydrogen-bond acceptors (Lipinski definition) is 4. The van der Waals surface area contributed by atoms with Crippen molar-refractivity contribution in [2.75, 3.05) is 13.1 Å². The summed E-state index contributed by atoms with van der Waals surface area (Å²) in [5.74, 6) is 0.0543. The van der Waals surface area contributed by atoms with Crippen LogP contribution in [0.4, 0.5) is 0 Å². The molecule has 0 aliphatic carbocycles. The second-order valence-corrected chi connectivity index (χ2v) is 7.43. The number of carbonyl (C=O) groups is 2. The van der Waals surface area contributed by atoms with E-state index in [1.165, 1.54) is 12.5 Å². The van der Waals surface area contributed by atoms with Gasteiger partial charge in [-0.3, -0.25) is 9.59 Å². The van der Waals surface area contributed by atoms with Gasteiger partial charge in [-0.15, -0.1) is 23.7 Å². The third-order valence-electron chi connectivity index (χ3n) is 4.59. The first-order valence-electron chi connectivity index (χ1n) is 8.43. The molecule has 1 aromatic carbocycles. The number of nitrogens with zero attached hydrogens (tertiary/aromatic N) is 1. The van der Waals surface area contributed by atoms with Gasteiger partial charge >= 0.3 is 0 Å². The fourth-order valence-electron chi connectivity index (χ4n) is 3.35. The van der Waals surface area contributed by atoms with E-state index in [4.69, 9.17) is 5.73 Å². The maximum Gasteiger partial charge on any atom is 0.225 e. The summed E-state index contributed by atoms with van der Waals surface area (Å²) >= 11 is 1.55. The molecule has 140 valence electrons. The molecule has 2 aromatic rings. The van der Waals surface area contributed by atoms with Gasteiger partial charge in [-0.2, -0.15) is 0 Å². The van der Waals surface area contributed by atoms with Crippen molar-refractivity contribution in [3.05, 3.63) is 58.3 Å². The second-order valence-electron chi connectivity index (χ2n) is 6.45. The Bertz CT molecular complexity index is 724. The average molecular weight is 394 g/mol. The third kappa shape index (κ3) is 4.84. The number of nitrogens with two attached hydrogens (primary N) is 1. The van der Waals surface area contributed by atoms with E-state index in [1.807, 2.05) is 40.6 Å². The fourth-order valence-corrected chi connectivity index (χ4v) is 4.12. The Labute approximate surface area is 164 Å². The van der Waals surface area contributed by atoms with Crippen molar-refractivity contribution in [2.45, 2.75) is 31.3 Å². The molecule has 2 amide bonds. The molecule has 26 heavy (non-hydrogen) atoms. The molecule has 0 bridgehead atoms. The Balaban J connectivity index is 0.00000243. The minimum absolute atomic E-state index is 0. The van der Waals surface area contributed by atoms with Gasteiger partial charge in [0.15, 0.2) is 0 Å². The van der Waals surface area contributed by atoms with E-state index in [2.05, 4.69) is 17.4 Å². The van der Waals surface area contributed by atoms with Crippen LogP contribution in [0.15, 0.2) is 47.8 Å². The first kappa shape index (κ1) is 20.4. The number of carbonyl (C=O) groups excluding carboxylic acids is 2. The number of thiophene rings is 1.